The molecule has 0 fully saturated rings. The highest BCUT2D eigenvalue weighted by Crippen LogP contribution is 2.24. The van der Waals surface area contributed by atoms with Crippen LogP contribution in [0.15, 0.2) is 18.2 Å². The number of hydrogen-bond acceptors (Lipinski definition) is 6. The van der Waals surface area contributed by atoms with Crippen LogP contribution in [0, 0.1) is 0 Å². The van der Waals surface area contributed by atoms with Crippen LogP contribution in [-0.4, -0.2) is 49.2 Å². The van der Waals surface area contributed by atoms with Gasteiger partial charge in [-0.3, -0.25) is 4.79 Å². The Hall–Kier alpha value is -1.74. The van der Waals surface area contributed by atoms with Crippen molar-refractivity contribution in [1.29, 1.82) is 0 Å². The number of hydrogen-bond donors (Lipinski definition) is 2. The van der Waals surface area contributed by atoms with Crippen molar-refractivity contribution in [2.75, 3.05) is 18.3 Å². The van der Waals surface area contributed by atoms with Crippen LogP contribution in [0.2, 0.25) is 0 Å². The molecule has 0 bridgehead atoms. The van der Waals surface area contributed by atoms with Crippen LogP contribution in [0.25, 0.3) is 0 Å². The minimum absolute atomic E-state index is 0.159. The topological polar surface area (TPSA) is 110 Å². The van der Waals surface area contributed by atoms with Gasteiger partial charge >= 0.3 is 16.1 Å². The third kappa shape index (κ3) is 5.76. The first-order chi connectivity index (χ1) is 10.5. The van der Waals surface area contributed by atoms with E-state index in [1.165, 1.54) is 30.0 Å². The Morgan fingerprint density at radius 3 is 2.43 bits per heavy atom. The molecule has 1 rings (SSSR count). The third-order valence-electron chi connectivity index (χ3n) is 2.68. The van der Waals surface area contributed by atoms with Gasteiger partial charge in [-0.1, -0.05) is 6.07 Å². The number of nitrogens with one attached hydrogen (secondary N) is 1. The maximum atomic E-state index is 12.4. The average molecular weight is 361 g/mol. The van der Waals surface area contributed by atoms with Gasteiger partial charge in [0.1, 0.15) is 5.56 Å². The summed E-state index contributed by atoms with van der Waals surface area (Å²) < 4.78 is 27.2. The molecular weight excluding hydrogens is 342 g/mol. The van der Waals surface area contributed by atoms with Crippen molar-refractivity contribution in [3.05, 3.63) is 29.3 Å². The molecule has 23 heavy (non-hydrogen) atoms. The van der Waals surface area contributed by atoms with Crippen LogP contribution in [0.4, 0.5) is 0 Å². The predicted molar refractivity (Wildman–Crippen MR) is 88.8 cm³/mol. The second kappa shape index (κ2) is 7.22. The molecule has 0 unspecified atom stereocenters. The number of amides is 1. The van der Waals surface area contributed by atoms with Gasteiger partial charge in [0, 0.05) is 11.3 Å². The van der Waals surface area contributed by atoms with Gasteiger partial charge in [0.2, 0.25) is 0 Å². The fourth-order valence-electron chi connectivity index (χ4n) is 1.95. The number of rotatable bonds is 7. The van der Waals surface area contributed by atoms with Crippen molar-refractivity contribution in [2.45, 2.75) is 19.4 Å². The first-order valence-electron chi connectivity index (χ1n) is 6.54. The Bertz CT molecular complexity index is 712. The maximum Gasteiger partial charge on any atom is 0.340 e. The summed E-state index contributed by atoms with van der Waals surface area (Å²) in [6.45, 7) is 3.61. The van der Waals surface area contributed by atoms with Crippen molar-refractivity contribution >= 4 is 33.8 Å². The second-order valence-electron chi connectivity index (χ2n) is 5.54. The summed E-state index contributed by atoms with van der Waals surface area (Å²) in [6, 6.07) is 3.86. The van der Waals surface area contributed by atoms with Crippen LogP contribution < -0.4 is 9.50 Å². The van der Waals surface area contributed by atoms with E-state index in [0.29, 0.717) is 5.75 Å². The zero-order valence-electron chi connectivity index (χ0n) is 13.2. The summed E-state index contributed by atoms with van der Waals surface area (Å²) in [5.41, 5.74) is -1.21. The van der Waals surface area contributed by atoms with Crippen LogP contribution in [0.3, 0.4) is 0 Å². The van der Waals surface area contributed by atoms with Gasteiger partial charge in [-0.15, -0.1) is 0 Å². The lowest BCUT2D eigenvalue weighted by Crippen LogP contribution is -2.45. The smallest absolute Gasteiger partial charge is 0.340 e. The number of carboxylic acid groups (broad SMARTS) is 1. The van der Waals surface area contributed by atoms with Crippen molar-refractivity contribution in [3.8, 4) is 5.75 Å². The first-order valence-corrected chi connectivity index (χ1v) is 9.75. The van der Waals surface area contributed by atoms with E-state index < -0.39 is 38.8 Å². The zero-order chi connectivity index (χ0) is 17.8. The molecule has 0 aliphatic heterocycles. The monoisotopic (exact) mass is 361 g/mol. The summed E-state index contributed by atoms with van der Waals surface area (Å²) in [7, 11) is -3.92. The lowest BCUT2D eigenvalue weighted by atomic mass is 10.0. The van der Waals surface area contributed by atoms with E-state index in [-0.39, 0.29) is 5.56 Å². The Morgan fingerprint density at radius 1 is 1.35 bits per heavy atom. The third-order valence-corrected chi connectivity index (χ3v) is 4.18. The molecule has 9 heteroatoms. The molecule has 0 aliphatic rings. The fourth-order valence-corrected chi connectivity index (χ4v) is 3.20. The summed E-state index contributed by atoms with van der Waals surface area (Å²) in [5, 5.41) is 12.1. The summed E-state index contributed by atoms with van der Waals surface area (Å²) in [6.07, 6.45) is 2.68. The molecule has 2 N–H and O–H groups in total. The summed E-state index contributed by atoms with van der Waals surface area (Å²) >= 11 is 1.53. The van der Waals surface area contributed by atoms with Crippen LogP contribution >= 0.6 is 11.8 Å². The predicted octanol–water partition coefficient (Wildman–Crippen LogP) is 1.59. The van der Waals surface area contributed by atoms with E-state index >= 15 is 0 Å². The number of carbonyl (C=O) groups excluding carboxylic acids is 1. The molecule has 0 aromatic heterocycles. The molecule has 0 spiro atoms. The van der Waals surface area contributed by atoms with Crippen molar-refractivity contribution in [1.82, 2.24) is 5.32 Å². The highest BCUT2D eigenvalue weighted by Gasteiger charge is 2.27. The lowest BCUT2D eigenvalue weighted by Gasteiger charge is -2.25. The van der Waals surface area contributed by atoms with Crippen LogP contribution in [-0.2, 0) is 10.1 Å². The largest absolute Gasteiger partial charge is 0.478 e. The van der Waals surface area contributed by atoms with Gasteiger partial charge in [0.05, 0.1) is 11.8 Å². The standard InChI is InChI=1S/C14H19NO6S2/c1-14(2,8-22-3)15-12(16)9-6-5-7-10(11(9)13(17)18)21-23(4,19)20/h5-7H,8H2,1-4H3,(H,15,16)(H,17,18). The highest BCUT2D eigenvalue weighted by molar-refractivity contribution is 7.98. The van der Waals surface area contributed by atoms with Gasteiger partial charge in [-0.05, 0) is 32.2 Å². The Labute approximate surface area is 139 Å². The molecule has 0 aliphatic carbocycles. The molecule has 1 amide bonds. The van der Waals surface area contributed by atoms with E-state index in [1.807, 2.05) is 6.26 Å². The molecule has 1 aromatic rings. The molecular formula is C14H19NO6S2. The molecule has 0 atom stereocenters. The Kier molecular flexibility index (Phi) is 6.06. The number of aromatic carboxylic acids is 1. The van der Waals surface area contributed by atoms with E-state index in [1.54, 1.807) is 13.8 Å². The average Bonchev–Trinajstić information content (AvgIpc) is 2.35. The van der Waals surface area contributed by atoms with Crippen LogP contribution in [0.1, 0.15) is 34.6 Å². The zero-order valence-corrected chi connectivity index (χ0v) is 14.9. The van der Waals surface area contributed by atoms with Crippen molar-refractivity contribution in [2.24, 2.45) is 0 Å². The Balaban J connectivity index is 3.28. The first kappa shape index (κ1) is 19.3. The quantitative estimate of drug-likeness (QED) is 0.710. The Morgan fingerprint density at radius 2 is 1.96 bits per heavy atom. The summed E-state index contributed by atoms with van der Waals surface area (Å²) in [5.74, 6) is -1.83. The van der Waals surface area contributed by atoms with Gasteiger partial charge in [-0.25, -0.2) is 4.79 Å². The lowest BCUT2D eigenvalue weighted by molar-refractivity contribution is 0.0688. The van der Waals surface area contributed by atoms with E-state index in [0.717, 1.165) is 6.26 Å². The molecule has 7 nitrogen and oxygen atoms in total. The number of benzene rings is 1. The van der Waals surface area contributed by atoms with Gasteiger partial charge in [0.15, 0.2) is 5.75 Å². The number of carboxylic acids is 1. The maximum absolute atomic E-state index is 12.4. The molecule has 1 aromatic carbocycles. The number of thioether (sulfide) groups is 1. The van der Waals surface area contributed by atoms with E-state index in [9.17, 15) is 23.1 Å². The van der Waals surface area contributed by atoms with Crippen molar-refractivity contribution < 1.29 is 27.3 Å². The highest BCUT2D eigenvalue weighted by atomic mass is 32.2. The SMILES string of the molecule is CSCC(C)(C)NC(=O)c1cccc(OS(C)(=O)=O)c1C(=O)O. The molecule has 0 radical (unpaired) electrons. The normalized spacial score (nSPS) is 11.8. The summed E-state index contributed by atoms with van der Waals surface area (Å²) in [4.78, 5) is 23.9. The minimum Gasteiger partial charge on any atom is -0.478 e. The fraction of sp³-hybridized carbons (Fsp3) is 0.429. The van der Waals surface area contributed by atoms with Gasteiger partial charge < -0.3 is 14.6 Å². The van der Waals surface area contributed by atoms with Crippen molar-refractivity contribution in [3.63, 3.8) is 0 Å². The van der Waals surface area contributed by atoms with E-state index in [4.69, 9.17) is 0 Å². The van der Waals surface area contributed by atoms with Gasteiger partial charge in [0.25, 0.3) is 5.91 Å². The van der Waals surface area contributed by atoms with Gasteiger partial charge in [-0.2, -0.15) is 20.2 Å². The molecule has 0 saturated carbocycles. The second-order valence-corrected chi connectivity index (χ2v) is 7.98. The molecule has 0 saturated heterocycles. The molecule has 0 heterocycles. The minimum atomic E-state index is -3.92. The van der Waals surface area contributed by atoms with E-state index in [2.05, 4.69) is 9.50 Å². The number of carbonyl (C=O) groups is 2. The van der Waals surface area contributed by atoms with Crippen LogP contribution in [0.5, 0.6) is 5.75 Å². The molecule has 128 valence electrons.